The lowest BCUT2D eigenvalue weighted by molar-refractivity contribution is -0.137. The number of carbonyl (C=O) groups excluding carboxylic acids is 3. The molecule has 3 amide bonds. The zero-order valence-corrected chi connectivity index (χ0v) is 22.4. The van der Waals surface area contributed by atoms with Crippen LogP contribution in [0, 0.1) is 0 Å². The molecule has 1 aromatic heterocycles. The first kappa shape index (κ1) is 28.8. The predicted molar refractivity (Wildman–Crippen MR) is 138 cm³/mol. The predicted octanol–water partition coefficient (Wildman–Crippen LogP) is 2.55. The molecule has 1 aliphatic heterocycles. The van der Waals surface area contributed by atoms with E-state index in [9.17, 15) is 27.6 Å². The van der Waals surface area contributed by atoms with Gasteiger partial charge in [0.1, 0.15) is 6.04 Å². The van der Waals surface area contributed by atoms with Gasteiger partial charge in [0.25, 0.3) is 11.8 Å². The summed E-state index contributed by atoms with van der Waals surface area (Å²) in [6.45, 7) is 1.22. The zero-order valence-electron chi connectivity index (χ0n) is 20.0. The Hall–Kier alpha value is -2.81. The van der Waals surface area contributed by atoms with Gasteiger partial charge in [-0.2, -0.15) is 13.2 Å². The van der Waals surface area contributed by atoms with Gasteiger partial charge in [0.05, 0.1) is 16.9 Å². The van der Waals surface area contributed by atoms with Crippen LogP contribution in [0.2, 0.25) is 5.02 Å². The van der Waals surface area contributed by atoms with Gasteiger partial charge in [-0.15, -0.1) is 11.3 Å². The summed E-state index contributed by atoms with van der Waals surface area (Å²) in [5, 5.41) is 7.30. The third-order valence-corrected chi connectivity index (χ3v) is 7.01. The molecule has 37 heavy (non-hydrogen) atoms. The Morgan fingerprint density at radius 3 is 2.65 bits per heavy atom. The first-order valence-electron chi connectivity index (χ1n) is 10.9. The molecule has 200 valence electrons. The highest BCUT2D eigenvalue weighted by molar-refractivity contribution is 7.82. The normalized spacial score (nSPS) is 14.4. The average molecular weight is 577 g/mol. The van der Waals surface area contributed by atoms with Gasteiger partial charge in [-0.1, -0.05) is 23.8 Å². The molecule has 0 aliphatic carbocycles. The highest BCUT2D eigenvalue weighted by atomic mass is 35.5. The highest BCUT2D eigenvalue weighted by Gasteiger charge is 2.34. The monoisotopic (exact) mass is 576 g/mol. The molecule has 0 saturated heterocycles. The lowest BCUT2D eigenvalue weighted by atomic mass is 10.1. The third kappa shape index (κ3) is 7.37. The van der Waals surface area contributed by atoms with E-state index < -0.39 is 46.2 Å². The third-order valence-electron chi connectivity index (χ3n) is 5.37. The molecule has 1 aromatic carbocycles. The standard InChI is InChI=1S/C22H24ClF3N6O3S2/c1-31(2)21(35)15(29-18(34)20-30-14-6-7-32(3)10-16(14)37-20)9-27-19(36)17(33)28-13-5-4-11(23)8-12(13)22(24,25)26/h4-5,8,15H,6-7,9-10H2,1-3H3,(H,27,36)(H,28,33)(H,29,34). The van der Waals surface area contributed by atoms with Crippen molar-refractivity contribution in [2.24, 2.45) is 0 Å². The molecule has 0 fully saturated rings. The van der Waals surface area contributed by atoms with E-state index in [1.165, 1.54) is 36.4 Å². The summed E-state index contributed by atoms with van der Waals surface area (Å²) < 4.78 is 39.9. The maximum atomic E-state index is 13.3. The summed E-state index contributed by atoms with van der Waals surface area (Å²) in [7, 11) is 4.95. The number of fused-ring (bicyclic) bond motifs is 1. The summed E-state index contributed by atoms with van der Waals surface area (Å²) in [4.78, 5) is 46.3. The molecule has 15 heteroatoms. The molecule has 0 saturated carbocycles. The Balaban J connectivity index is 1.67. The van der Waals surface area contributed by atoms with Gasteiger partial charge in [0, 0.05) is 50.1 Å². The maximum absolute atomic E-state index is 13.3. The van der Waals surface area contributed by atoms with Crippen LogP contribution in [-0.4, -0.2) is 77.8 Å². The Bertz CT molecular complexity index is 1220. The number of nitrogens with zero attached hydrogens (tertiary/aromatic N) is 3. The van der Waals surface area contributed by atoms with Crippen molar-refractivity contribution in [1.29, 1.82) is 0 Å². The Labute approximate surface area is 225 Å². The molecule has 9 nitrogen and oxygen atoms in total. The van der Waals surface area contributed by atoms with Crippen molar-refractivity contribution in [2.75, 3.05) is 39.5 Å². The van der Waals surface area contributed by atoms with Crippen molar-refractivity contribution in [2.45, 2.75) is 25.2 Å². The van der Waals surface area contributed by atoms with E-state index in [0.29, 0.717) is 19.0 Å². The number of hydrogen-bond acceptors (Lipinski definition) is 7. The van der Waals surface area contributed by atoms with Crippen LogP contribution in [0.4, 0.5) is 18.9 Å². The smallest absolute Gasteiger partial charge is 0.369 e. The minimum atomic E-state index is -4.76. The number of aromatic nitrogens is 1. The minimum Gasteiger partial charge on any atom is -0.369 e. The number of benzene rings is 1. The maximum Gasteiger partial charge on any atom is 0.418 e. The first-order valence-corrected chi connectivity index (χ1v) is 12.5. The summed E-state index contributed by atoms with van der Waals surface area (Å²) in [6, 6.07) is 1.76. The summed E-state index contributed by atoms with van der Waals surface area (Å²) in [5.41, 5.74) is -0.819. The number of alkyl halides is 3. The lowest BCUT2D eigenvalue weighted by Gasteiger charge is -2.22. The number of thiazole rings is 1. The van der Waals surface area contributed by atoms with Crippen LogP contribution in [0.5, 0.6) is 0 Å². The number of anilines is 1. The molecule has 0 radical (unpaired) electrons. The van der Waals surface area contributed by atoms with Crippen molar-refractivity contribution in [3.63, 3.8) is 0 Å². The van der Waals surface area contributed by atoms with Crippen molar-refractivity contribution < 1.29 is 27.6 Å². The van der Waals surface area contributed by atoms with Gasteiger partial charge >= 0.3 is 6.18 Å². The highest BCUT2D eigenvalue weighted by Crippen LogP contribution is 2.36. The molecule has 0 bridgehead atoms. The molecular weight excluding hydrogens is 553 g/mol. The second-order valence-corrected chi connectivity index (χ2v) is 10.4. The number of rotatable bonds is 6. The van der Waals surface area contributed by atoms with Gasteiger partial charge in [0.2, 0.25) is 5.91 Å². The summed E-state index contributed by atoms with van der Waals surface area (Å²) in [6.07, 6.45) is -4.05. The molecule has 2 aromatic rings. The SMILES string of the molecule is CN1CCc2nc(C(=O)NC(CNC(=S)C(=O)Nc3ccc(Cl)cc3C(F)(F)F)C(=O)N(C)C)sc2C1. The van der Waals surface area contributed by atoms with E-state index in [1.807, 2.05) is 7.05 Å². The van der Waals surface area contributed by atoms with Gasteiger partial charge < -0.3 is 25.8 Å². The van der Waals surface area contributed by atoms with Crippen LogP contribution >= 0.6 is 35.2 Å². The van der Waals surface area contributed by atoms with E-state index >= 15 is 0 Å². The number of carbonyl (C=O) groups is 3. The van der Waals surface area contributed by atoms with Gasteiger partial charge in [-0.05, 0) is 25.2 Å². The van der Waals surface area contributed by atoms with Crippen LogP contribution < -0.4 is 16.0 Å². The number of nitrogens with one attached hydrogen (secondary N) is 3. The second-order valence-electron chi connectivity index (χ2n) is 8.49. The van der Waals surface area contributed by atoms with E-state index in [-0.39, 0.29) is 16.6 Å². The molecule has 3 N–H and O–H groups in total. The Morgan fingerprint density at radius 2 is 2.00 bits per heavy atom. The van der Waals surface area contributed by atoms with Crippen LogP contribution in [0.15, 0.2) is 18.2 Å². The lowest BCUT2D eigenvalue weighted by Crippen LogP contribution is -2.53. The number of thiocarbonyl (C=S) groups is 1. The van der Waals surface area contributed by atoms with Crippen molar-refractivity contribution in [1.82, 2.24) is 25.4 Å². The number of halogens is 4. The van der Waals surface area contributed by atoms with Crippen molar-refractivity contribution in [3.8, 4) is 0 Å². The fourth-order valence-electron chi connectivity index (χ4n) is 3.47. The van der Waals surface area contributed by atoms with Crippen LogP contribution in [-0.2, 0) is 28.7 Å². The van der Waals surface area contributed by atoms with E-state index in [0.717, 1.165) is 23.2 Å². The molecular formula is C22H24ClF3N6O3S2. The van der Waals surface area contributed by atoms with Crippen LogP contribution in [0.1, 0.15) is 25.9 Å². The fraction of sp³-hybridized carbons (Fsp3) is 0.409. The van der Waals surface area contributed by atoms with Crippen LogP contribution in [0.3, 0.4) is 0 Å². The number of likely N-dealkylation sites (N-methyl/N-ethyl adjacent to an activating group) is 2. The molecule has 0 spiro atoms. The number of amides is 3. The van der Waals surface area contributed by atoms with Crippen LogP contribution in [0.25, 0.3) is 0 Å². The minimum absolute atomic E-state index is 0.153. The first-order chi connectivity index (χ1) is 17.3. The zero-order chi connectivity index (χ0) is 27.5. The molecule has 2 heterocycles. The number of hydrogen-bond donors (Lipinski definition) is 3. The van der Waals surface area contributed by atoms with E-state index in [2.05, 4.69) is 25.8 Å². The van der Waals surface area contributed by atoms with Crippen molar-refractivity contribution in [3.05, 3.63) is 44.4 Å². The Morgan fingerprint density at radius 1 is 1.30 bits per heavy atom. The molecule has 1 atom stereocenters. The quantitative estimate of drug-likeness (QED) is 0.454. The van der Waals surface area contributed by atoms with Gasteiger partial charge in [0.15, 0.2) is 10.00 Å². The van der Waals surface area contributed by atoms with Crippen molar-refractivity contribution >= 4 is 63.6 Å². The topological polar surface area (TPSA) is 107 Å². The summed E-state index contributed by atoms with van der Waals surface area (Å²) in [5.74, 6) is -2.07. The molecule has 3 rings (SSSR count). The second kappa shape index (κ2) is 11.7. The van der Waals surface area contributed by atoms with E-state index in [1.54, 1.807) is 0 Å². The molecule has 1 unspecified atom stereocenters. The molecule has 1 aliphatic rings. The summed E-state index contributed by atoms with van der Waals surface area (Å²) >= 11 is 11.9. The largest absolute Gasteiger partial charge is 0.418 e. The van der Waals surface area contributed by atoms with E-state index in [4.69, 9.17) is 23.8 Å². The Kier molecular flexibility index (Phi) is 9.10. The van der Waals surface area contributed by atoms with Gasteiger partial charge in [-0.3, -0.25) is 14.4 Å². The average Bonchev–Trinajstić information content (AvgIpc) is 3.24. The van der Waals surface area contributed by atoms with Gasteiger partial charge in [-0.25, -0.2) is 4.98 Å². The fourth-order valence-corrected chi connectivity index (χ4v) is 4.86.